The minimum Gasteiger partial charge on any atom is -0.497 e. The first-order valence-electron chi connectivity index (χ1n) is 17.7. The summed E-state index contributed by atoms with van der Waals surface area (Å²) in [5, 5.41) is 0. The van der Waals surface area contributed by atoms with Crippen molar-refractivity contribution in [3.63, 3.8) is 0 Å². The molecule has 0 aliphatic rings. The van der Waals surface area contributed by atoms with Gasteiger partial charge in [0.1, 0.15) is 64.0 Å². The number of nitrogens with zero attached hydrogens (tertiary/aromatic N) is 6. The molecule has 286 valence electrons. The van der Waals surface area contributed by atoms with E-state index in [1.165, 1.54) is 9.36 Å². The molecule has 4 aromatic heterocycles. The molecular weight excluding hydrogens is 717 g/mol. The number of anilines is 2. The van der Waals surface area contributed by atoms with Crippen LogP contribution in [0.3, 0.4) is 0 Å². The number of nitrogen functional groups attached to an aromatic ring is 2. The number of methoxy groups -OCH3 is 3. The van der Waals surface area contributed by atoms with Crippen molar-refractivity contribution >= 4 is 33.7 Å². The number of rotatable bonds is 11. The molecule has 56 heavy (non-hydrogen) atoms. The molecule has 0 aliphatic heterocycles. The van der Waals surface area contributed by atoms with Crippen LogP contribution < -0.4 is 41.5 Å². The number of hydrogen-bond donors (Lipinski definition) is 4. The minimum atomic E-state index is -0.344. The Labute approximate surface area is 319 Å². The first-order valence-corrected chi connectivity index (χ1v) is 17.7. The Morgan fingerprint density at radius 1 is 0.661 bits per heavy atom. The maximum atomic E-state index is 14.2. The Morgan fingerprint density at radius 2 is 1.21 bits per heavy atom. The lowest BCUT2D eigenvalue weighted by molar-refractivity contribution is 0.303. The van der Waals surface area contributed by atoms with Gasteiger partial charge in [-0.3, -0.25) is 14.3 Å². The van der Waals surface area contributed by atoms with Gasteiger partial charge in [-0.1, -0.05) is 18.2 Å². The average Bonchev–Trinajstić information content (AvgIpc) is 3.93. The number of ether oxygens (including phenoxy) is 4. The normalized spacial score (nSPS) is 11.6. The first kappa shape index (κ1) is 35.7. The van der Waals surface area contributed by atoms with E-state index in [1.807, 2.05) is 56.3 Å². The van der Waals surface area contributed by atoms with Crippen molar-refractivity contribution < 1.29 is 18.9 Å². The van der Waals surface area contributed by atoms with Crippen LogP contribution in [0.5, 0.6) is 23.0 Å². The molecule has 0 spiro atoms. The van der Waals surface area contributed by atoms with Crippen molar-refractivity contribution in [1.82, 2.24) is 38.7 Å². The Balaban J connectivity index is 1.10. The van der Waals surface area contributed by atoms with Gasteiger partial charge < -0.3 is 40.4 Å². The Morgan fingerprint density at radius 3 is 1.84 bits per heavy atom. The van der Waals surface area contributed by atoms with E-state index in [0.29, 0.717) is 57.1 Å². The van der Waals surface area contributed by atoms with E-state index in [0.717, 1.165) is 16.6 Å². The zero-order valence-corrected chi connectivity index (χ0v) is 31.6. The predicted octanol–water partition coefficient (Wildman–Crippen LogP) is 5.57. The molecule has 0 bridgehead atoms. The molecule has 0 aliphatic carbocycles. The number of fused-ring (bicyclic) bond motifs is 2. The lowest BCUT2D eigenvalue weighted by Crippen LogP contribution is -2.23. The van der Waals surface area contributed by atoms with E-state index < -0.39 is 0 Å². The number of benzene rings is 4. The molecule has 4 heterocycles. The van der Waals surface area contributed by atoms with Crippen LogP contribution in [0.15, 0.2) is 88.5 Å². The van der Waals surface area contributed by atoms with Gasteiger partial charge in [0.2, 0.25) is 0 Å². The maximum absolute atomic E-state index is 14.2. The van der Waals surface area contributed by atoms with Crippen molar-refractivity contribution in [1.29, 1.82) is 0 Å². The molecule has 4 aromatic carbocycles. The molecule has 16 heteroatoms. The van der Waals surface area contributed by atoms with Crippen LogP contribution in [0, 0.1) is 0 Å². The van der Waals surface area contributed by atoms with Gasteiger partial charge in [0.15, 0.2) is 0 Å². The van der Waals surface area contributed by atoms with E-state index in [9.17, 15) is 9.59 Å². The molecule has 8 rings (SSSR count). The molecule has 0 amide bonds. The topological polar surface area (TPSA) is 200 Å². The highest BCUT2D eigenvalue weighted by atomic mass is 16.5. The van der Waals surface area contributed by atoms with Gasteiger partial charge in [0, 0.05) is 49.5 Å². The number of H-pyrrole nitrogens is 2. The summed E-state index contributed by atoms with van der Waals surface area (Å²) in [4.78, 5) is 43.6. The molecule has 0 atom stereocenters. The molecule has 8 aromatic rings. The van der Waals surface area contributed by atoms with Gasteiger partial charge in [-0.05, 0) is 43.7 Å². The monoisotopic (exact) mass is 756 g/mol. The highest BCUT2D eigenvalue weighted by molar-refractivity contribution is 5.83. The number of para-hydroxylation sites is 2. The van der Waals surface area contributed by atoms with Crippen LogP contribution >= 0.6 is 0 Å². The van der Waals surface area contributed by atoms with Crippen LogP contribution in [-0.4, -0.2) is 60.0 Å². The molecular formula is C40H40N10O6. The van der Waals surface area contributed by atoms with Gasteiger partial charge >= 0.3 is 0 Å². The highest BCUT2D eigenvalue weighted by Gasteiger charge is 2.26. The summed E-state index contributed by atoms with van der Waals surface area (Å²) >= 11 is 0. The first-order chi connectivity index (χ1) is 27.0. The fourth-order valence-corrected chi connectivity index (χ4v) is 6.97. The molecule has 0 unspecified atom stereocenters. The van der Waals surface area contributed by atoms with Crippen molar-refractivity contribution in [3.8, 4) is 57.1 Å². The summed E-state index contributed by atoms with van der Waals surface area (Å²) in [6.07, 6.45) is 0. The molecule has 0 saturated heterocycles. The second kappa shape index (κ2) is 13.8. The third kappa shape index (κ3) is 5.96. The summed E-state index contributed by atoms with van der Waals surface area (Å²) in [5.74, 6) is 3.21. The number of hydrogen-bond acceptors (Lipinski definition) is 10. The molecule has 0 radical (unpaired) electrons. The lowest BCUT2D eigenvalue weighted by atomic mass is 10.2. The van der Waals surface area contributed by atoms with E-state index in [4.69, 9.17) is 35.4 Å². The van der Waals surface area contributed by atoms with Gasteiger partial charge in [-0.25, -0.2) is 24.0 Å². The van der Waals surface area contributed by atoms with Gasteiger partial charge in [0.05, 0.1) is 54.8 Å². The summed E-state index contributed by atoms with van der Waals surface area (Å²) in [6.45, 7) is 4.06. The fourth-order valence-electron chi connectivity index (χ4n) is 6.97. The summed E-state index contributed by atoms with van der Waals surface area (Å²) in [5.41, 5.74) is 17.8. The van der Waals surface area contributed by atoms with Gasteiger partial charge in [-0.15, -0.1) is 0 Å². The third-order valence-electron chi connectivity index (χ3n) is 9.65. The van der Waals surface area contributed by atoms with Crippen molar-refractivity contribution in [3.05, 3.63) is 105 Å². The largest absolute Gasteiger partial charge is 0.497 e. The molecule has 0 saturated carbocycles. The Bertz CT molecular complexity index is 2850. The molecule has 6 N–H and O–H groups in total. The van der Waals surface area contributed by atoms with Crippen LogP contribution in [-0.2, 0) is 13.7 Å². The van der Waals surface area contributed by atoms with Crippen LogP contribution in [0.1, 0.15) is 25.5 Å². The van der Waals surface area contributed by atoms with Crippen molar-refractivity contribution in [2.75, 3.05) is 32.8 Å². The Kier molecular flexibility index (Phi) is 8.79. The number of nitrogens with two attached hydrogens (primary N) is 2. The smallest absolute Gasteiger partial charge is 0.284 e. The van der Waals surface area contributed by atoms with E-state index in [-0.39, 0.29) is 46.5 Å². The van der Waals surface area contributed by atoms with Crippen molar-refractivity contribution in [2.24, 2.45) is 7.05 Å². The summed E-state index contributed by atoms with van der Waals surface area (Å²) in [7, 11) is 6.28. The third-order valence-corrected chi connectivity index (χ3v) is 9.65. The maximum Gasteiger partial charge on any atom is 0.284 e. The number of aromatic nitrogens is 8. The lowest BCUT2D eigenvalue weighted by Gasteiger charge is -2.18. The number of nitrogens with one attached hydrogen (secondary N) is 2. The van der Waals surface area contributed by atoms with Crippen LogP contribution in [0.25, 0.3) is 56.2 Å². The standard InChI is InChI=1S/C40H40N10O6/c1-21(2)48-35(41)34(38-43-29-9-7-8-10-30(29)44-38)40(52)50(48)24-16-27(55-6)19-28(17-24)56-20-22-11-12-31-32(13-22)46-37(45-31)33-36(42)49(47(3)39(33)51)23-14-25(53-4)18-26(15-23)54-5/h7-19,21H,20,41-42H2,1-6H3,(H,43,44)(H,45,46). The highest BCUT2D eigenvalue weighted by Crippen LogP contribution is 2.33. The van der Waals surface area contributed by atoms with Crippen LogP contribution in [0.4, 0.5) is 11.6 Å². The quantitative estimate of drug-likeness (QED) is 0.129. The van der Waals surface area contributed by atoms with E-state index >= 15 is 0 Å². The summed E-state index contributed by atoms with van der Waals surface area (Å²) < 4.78 is 29.0. The summed E-state index contributed by atoms with van der Waals surface area (Å²) in [6, 6.07) is 23.5. The van der Waals surface area contributed by atoms with E-state index in [2.05, 4.69) is 15.0 Å². The minimum absolute atomic E-state index is 0.168. The fraction of sp³-hybridized carbons (Fsp3) is 0.200. The number of aromatic amines is 2. The van der Waals surface area contributed by atoms with Crippen LogP contribution in [0.2, 0.25) is 0 Å². The van der Waals surface area contributed by atoms with Gasteiger partial charge in [-0.2, -0.15) is 0 Å². The predicted molar refractivity (Wildman–Crippen MR) is 214 cm³/mol. The SMILES string of the molecule is COc1cc(OC)cc(-n2c(N)c(-c3nc4ccc(COc5cc(OC)cc(-n6c(=O)c(-c7nc8ccccc8[nH]7)c(N)n6C(C)C)c5)cc4[nH]3)c(=O)n2C)c1. The second-order valence-corrected chi connectivity index (χ2v) is 13.5. The zero-order chi connectivity index (χ0) is 39.4. The van der Waals surface area contributed by atoms with Crippen molar-refractivity contribution in [2.45, 2.75) is 26.5 Å². The number of imidazole rings is 2. The second-order valence-electron chi connectivity index (χ2n) is 13.5. The van der Waals surface area contributed by atoms with Gasteiger partial charge in [0.25, 0.3) is 11.1 Å². The zero-order valence-electron chi connectivity index (χ0n) is 31.6. The average molecular weight is 757 g/mol. The molecule has 16 nitrogen and oxygen atoms in total. The van der Waals surface area contributed by atoms with E-state index in [1.54, 1.807) is 74.1 Å². The molecule has 0 fully saturated rings. The Hall–Kier alpha value is -7.36.